The van der Waals surface area contributed by atoms with Gasteiger partial charge in [0, 0.05) is 24.6 Å². The minimum Gasteiger partial charge on any atom is -0.342 e. The fourth-order valence-corrected chi connectivity index (χ4v) is 4.12. The van der Waals surface area contributed by atoms with Crippen molar-refractivity contribution in [2.75, 3.05) is 26.2 Å². The molecule has 0 atom stereocenters. The molecule has 2 saturated heterocycles. The highest BCUT2D eigenvalue weighted by Gasteiger charge is 2.29. The maximum Gasteiger partial charge on any atom is 0.241 e. The molecule has 0 spiro atoms. The quantitative estimate of drug-likeness (QED) is 0.829. The van der Waals surface area contributed by atoms with Gasteiger partial charge in [-0.05, 0) is 58.2 Å². The van der Waals surface area contributed by atoms with Crippen molar-refractivity contribution in [1.29, 1.82) is 0 Å². The Kier molecular flexibility index (Phi) is 5.53. The van der Waals surface area contributed by atoms with Gasteiger partial charge in [0.25, 0.3) is 0 Å². The van der Waals surface area contributed by atoms with E-state index in [0.29, 0.717) is 24.2 Å². The molecule has 0 bridgehead atoms. The molecule has 3 heterocycles. The van der Waals surface area contributed by atoms with Gasteiger partial charge >= 0.3 is 0 Å². The average Bonchev–Trinajstić information content (AvgIpc) is 3.17. The Labute approximate surface area is 160 Å². The number of hydrogen-bond donors (Lipinski definition) is 0. The summed E-state index contributed by atoms with van der Waals surface area (Å²) in [5, 5.41) is 4.12. The molecule has 1 aromatic heterocycles. The van der Waals surface area contributed by atoms with Gasteiger partial charge in [0.1, 0.15) is 0 Å². The molecule has 1 aromatic carbocycles. The van der Waals surface area contributed by atoms with Crippen LogP contribution in [0.15, 0.2) is 28.8 Å². The number of aromatic nitrogens is 2. The zero-order chi connectivity index (χ0) is 18.6. The van der Waals surface area contributed by atoms with Crippen LogP contribution in [0.25, 0.3) is 11.4 Å². The first kappa shape index (κ1) is 18.2. The number of hydrogen-bond acceptors (Lipinski definition) is 5. The van der Waals surface area contributed by atoms with Crippen LogP contribution in [-0.4, -0.2) is 52.0 Å². The summed E-state index contributed by atoms with van der Waals surface area (Å²) in [4.78, 5) is 21.6. The number of amides is 1. The van der Waals surface area contributed by atoms with Crippen molar-refractivity contribution in [2.45, 2.75) is 45.6 Å². The summed E-state index contributed by atoms with van der Waals surface area (Å²) in [5.74, 6) is 1.84. The molecule has 6 heteroatoms. The lowest BCUT2D eigenvalue weighted by atomic mass is 9.94. The summed E-state index contributed by atoms with van der Waals surface area (Å²) in [5.41, 5.74) is 2.16. The zero-order valence-electron chi connectivity index (χ0n) is 16.1. The largest absolute Gasteiger partial charge is 0.342 e. The smallest absolute Gasteiger partial charge is 0.241 e. The number of rotatable bonds is 4. The first-order valence-corrected chi connectivity index (χ1v) is 10.1. The van der Waals surface area contributed by atoms with Crippen LogP contribution in [0.5, 0.6) is 0 Å². The lowest BCUT2D eigenvalue weighted by Crippen LogP contribution is -2.44. The van der Waals surface area contributed by atoms with E-state index in [9.17, 15) is 4.79 Å². The fourth-order valence-electron chi connectivity index (χ4n) is 4.12. The number of aryl methyl sites for hydroxylation is 1. The van der Waals surface area contributed by atoms with E-state index in [1.807, 2.05) is 12.1 Å². The molecule has 144 valence electrons. The molecule has 6 nitrogen and oxygen atoms in total. The van der Waals surface area contributed by atoms with Gasteiger partial charge < -0.3 is 9.42 Å². The SMILES string of the molecule is Cc1cccc(-c2noc(CN3CCC(C(=O)N4CCCCC4)CC3)n2)c1. The Hall–Kier alpha value is -2.21. The second-order valence-corrected chi connectivity index (χ2v) is 7.82. The fraction of sp³-hybridized carbons (Fsp3) is 0.571. The molecule has 0 unspecified atom stereocenters. The third kappa shape index (κ3) is 4.38. The highest BCUT2D eigenvalue weighted by molar-refractivity contribution is 5.79. The van der Waals surface area contributed by atoms with Crippen LogP contribution < -0.4 is 0 Å². The van der Waals surface area contributed by atoms with E-state index in [1.54, 1.807) is 0 Å². The van der Waals surface area contributed by atoms with E-state index in [2.05, 4.69) is 39.0 Å². The Morgan fingerprint density at radius 3 is 2.67 bits per heavy atom. The third-order valence-corrected chi connectivity index (χ3v) is 5.71. The number of carbonyl (C=O) groups is 1. The predicted octanol–water partition coefficient (Wildman–Crippen LogP) is 3.27. The number of carbonyl (C=O) groups excluding carboxylic acids is 1. The number of nitrogens with zero attached hydrogens (tertiary/aromatic N) is 4. The topological polar surface area (TPSA) is 62.5 Å². The summed E-state index contributed by atoms with van der Waals surface area (Å²) >= 11 is 0. The van der Waals surface area contributed by atoms with E-state index in [1.165, 1.54) is 12.0 Å². The van der Waals surface area contributed by atoms with Crippen LogP contribution in [0.4, 0.5) is 0 Å². The van der Waals surface area contributed by atoms with Crippen LogP contribution >= 0.6 is 0 Å². The highest BCUT2D eigenvalue weighted by atomic mass is 16.5. The van der Waals surface area contributed by atoms with Gasteiger partial charge in [-0.3, -0.25) is 9.69 Å². The van der Waals surface area contributed by atoms with Crippen LogP contribution in [0, 0.1) is 12.8 Å². The molecular formula is C21H28N4O2. The first-order chi connectivity index (χ1) is 13.2. The van der Waals surface area contributed by atoms with Crippen molar-refractivity contribution in [2.24, 2.45) is 5.92 Å². The Balaban J connectivity index is 1.30. The van der Waals surface area contributed by atoms with Crippen molar-refractivity contribution in [3.05, 3.63) is 35.7 Å². The molecule has 4 rings (SSSR count). The highest BCUT2D eigenvalue weighted by Crippen LogP contribution is 2.23. The van der Waals surface area contributed by atoms with Gasteiger partial charge in [0.2, 0.25) is 17.6 Å². The van der Waals surface area contributed by atoms with Crippen LogP contribution in [0.3, 0.4) is 0 Å². The van der Waals surface area contributed by atoms with E-state index in [-0.39, 0.29) is 5.92 Å². The maximum absolute atomic E-state index is 12.7. The lowest BCUT2D eigenvalue weighted by molar-refractivity contribution is -0.138. The second kappa shape index (κ2) is 8.21. The van der Waals surface area contributed by atoms with Crippen molar-refractivity contribution in [1.82, 2.24) is 19.9 Å². The second-order valence-electron chi connectivity index (χ2n) is 7.82. The molecule has 2 aliphatic heterocycles. The summed E-state index contributed by atoms with van der Waals surface area (Å²) in [7, 11) is 0. The minimum atomic E-state index is 0.185. The van der Waals surface area contributed by atoms with E-state index < -0.39 is 0 Å². The minimum absolute atomic E-state index is 0.185. The van der Waals surface area contributed by atoms with E-state index in [0.717, 1.165) is 57.4 Å². The standard InChI is InChI=1S/C21H28N4O2/c1-16-6-5-7-18(14-16)20-22-19(27-23-20)15-24-12-8-17(9-13-24)21(26)25-10-3-2-4-11-25/h5-7,14,17H,2-4,8-13,15H2,1H3. The number of piperidine rings is 2. The molecular weight excluding hydrogens is 340 g/mol. The van der Waals surface area contributed by atoms with Gasteiger partial charge in [0.15, 0.2) is 0 Å². The number of likely N-dealkylation sites (tertiary alicyclic amines) is 2. The van der Waals surface area contributed by atoms with Crippen LogP contribution in [-0.2, 0) is 11.3 Å². The van der Waals surface area contributed by atoms with Crippen molar-refractivity contribution < 1.29 is 9.32 Å². The molecule has 2 aromatic rings. The molecule has 27 heavy (non-hydrogen) atoms. The summed E-state index contributed by atoms with van der Waals surface area (Å²) < 4.78 is 5.45. The Bertz CT molecular complexity index is 774. The van der Waals surface area contributed by atoms with Gasteiger partial charge in [-0.2, -0.15) is 4.98 Å². The Morgan fingerprint density at radius 1 is 1.15 bits per heavy atom. The van der Waals surface area contributed by atoms with Gasteiger partial charge in [-0.1, -0.05) is 28.9 Å². The van der Waals surface area contributed by atoms with Crippen molar-refractivity contribution >= 4 is 5.91 Å². The molecule has 1 amide bonds. The molecule has 0 N–H and O–H groups in total. The normalized spacial score (nSPS) is 19.4. The van der Waals surface area contributed by atoms with Crippen molar-refractivity contribution in [3.8, 4) is 11.4 Å². The molecule has 0 aliphatic carbocycles. The monoisotopic (exact) mass is 368 g/mol. The molecule has 2 fully saturated rings. The summed E-state index contributed by atoms with van der Waals surface area (Å²) in [6.45, 7) is 6.42. The Morgan fingerprint density at radius 2 is 1.93 bits per heavy atom. The van der Waals surface area contributed by atoms with Crippen LogP contribution in [0.1, 0.15) is 43.6 Å². The molecule has 2 aliphatic rings. The molecule has 0 saturated carbocycles. The number of benzene rings is 1. The summed E-state index contributed by atoms with van der Waals surface area (Å²) in [6.07, 6.45) is 5.43. The zero-order valence-corrected chi connectivity index (χ0v) is 16.1. The van der Waals surface area contributed by atoms with Gasteiger partial charge in [-0.15, -0.1) is 0 Å². The summed E-state index contributed by atoms with van der Waals surface area (Å²) in [6, 6.07) is 8.12. The molecule has 0 radical (unpaired) electrons. The van der Waals surface area contributed by atoms with Gasteiger partial charge in [-0.25, -0.2) is 0 Å². The maximum atomic E-state index is 12.7. The lowest BCUT2D eigenvalue weighted by Gasteiger charge is -2.35. The van der Waals surface area contributed by atoms with E-state index in [4.69, 9.17) is 4.52 Å². The predicted molar refractivity (Wildman–Crippen MR) is 103 cm³/mol. The van der Waals surface area contributed by atoms with E-state index >= 15 is 0 Å². The van der Waals surface area contributed by atoms with Crippen LogP contribution in [0.2, 0.25) is 0 Å². The first-order valence-electron chi connectivity index (χ1n) is 10.1. The average molecular weight is 368 g/mol. The van der Waals surface area contributed by atoms with Crippen molar-refractivity contribution in [3.63, 3.8) is 0 Å². The third-order valence-electron chi connectivity index (χ3n) is 5.71. The van der Waals surface area contributed by atoms with Gasteiger partial charge in [0.05, 0.1) is 6.54 Å².